The maximum Gasteiger partial charge on any atom is 0.170 e. The average Bonchev–Trinajstić information content (AvgIpc) is 2.81. The Labute approximate surface area is 203 Å². The van der Waals surface area contributed by atoms with Gasteiger partial charge < -0.3 is 14.8 Å². The summed E-state index contributed by atoms with van der Waals surface area (Å²) in [4.78, 5) is 2.58. The zero-order valence-corrected chi connectivity index (χ0v) is 20.0. The first-order valence-electron chi connectivity index (χ1n) is 10.9. The second kappa shape index (κ2) is 13.3. The van der Waals surface area contributed by atoms with Gasteiger partial charge in [0.05, 0.1) is 0 Å². The highest BCUT2D eigenvalue weighted by atomic mass is 35.5. The van der Waals surface area contributed by atoms with Crippen molar-refractivity contribution in [2.45, 2.75) is 25.8 Å². The first-order chi connectivity index (χ1) is 14.8. The van der Waals surface area contributed by atoms with Crippen LogP contribution in [0.4, 0.5) is 0 Å². The van der Waals surface area contributed by atoms with Crippen LogP contribution in [0.3, 0.4) is 0 Å². The lowest BCUT2D eigenvalue weighted by Crippen LogP contribution is -2.45. The van der Waals surface area contributed by atoms with Gasteiger partial charge in [0.25, 0.3) is 0 Å². The van der Waals surface area contributed by atoms with E-state index in [9.17, 15) is 0 Å². The topological polar surface area (TPSA) is 33.7 Å². The number of benzene rings is 3. The van der Waals surface area contributed by atoms with Crippen LogP contribution in [-0.4, -0.2) is 31.1 Å². The number of nitrogens with zero attached hydrogens (tertiary/aromatic N) is 1. The van der Waals surface area contributed by atoms with Gasteiger partial charge in [-0.05, 0) is 48.4 Å². The smallest absolute Gasteiger partial charge is 0.170 e. The molecule has 0 radical (unpaired) electrons. The van der Waals surface area contributed by atoms with Gasteiger partial charge in [0.15, 0.2) is 11.5 Å². The summed E-state index contributed by atoms with van der Waals surface area (Å²) in [6.45, 7) is 6.48. The number of para-hydroxylation sites is 2. The Balaban J connectivity index is 0.00000181. The first kappa shape index (κ1) is 26.0. The van der Waals surface area contributed by atoms with Crippen molar-refractivity contribution < 1.29 is 9.47 Å². The Morgan fingerprint density at radius 1 is 0.781 bits per heavy atom. The van der Waals surface area contributed by atoms with E-state index in [0.717, 1.165) is 62.0 Å². The zero-order valence-electron chi connectivity index (χ0n) is 18.4. The van der Waals surface area contributed by atoms with E-state index in [4.69, 9.17) is 9.47 Å². The van der Waals surface area contributed by atoms with Gasteiger partial charge in [-0.25, -0.2) is 0 Å². The molecule has 0 aromatic heterocycles. The molecule has 0 spiro atoms. The third-order valence-corrected chi connectivity index (χ3v) is 5.45. The van der Waals surface area contributed by atoms with Crippen molar-refractivity contribution in [3.05, 3.63) is 84.4 Å². The van der Waals surface area contributed by atoms with Crippen LogP contribution < -0.4 is 14.8 Å². The van der Waals surface area contributed by atoms with Crippen LogP contribution in [0.25, 0.3) is 0 Å². The number of rotatable bonds is 8. The minimum atomic E-state index is 0. The predicted molar refractivity (Wildman–Crippen MR) is 136 cm³/mol. The summed E-state index contributed by atoms with van der Waals surface area (Å²) in [5.41, 5.74) is 1.28. The lowest BCUT2D eigenvalue weighted by Gasteiger charge is -2.35. The molecule has 0 unspecified atom stereocenters. The van der Waals surface area contributed by atoms with E-state index in [2.05, 4.69) is 29.3 Å². The second-order valence-corrected chi connectivity index (χ2v) is 7.63. The van der Waals surface area contributed by atoms with Crippen LogP contribution in [0.5, 0.6) is 23.0 Å². The molecular formula is C26H32Cl2N2O2. The maximum absolute atomic E-state index is 6.28. The fourth-order valence-electron chi connectivity index (χ4n) is 3.95. The molecule has 0 amide bonds. The normalized spacial score (nSPS) is 14.5. The largest absolute Gasteiger partial charge is 0.453 e. The number of nitrogens with one attached hydrogen (secondary N) is 1. The standard InChI is InChI=1S/C26H30N2O2.2ClH/c1-2-9-24(28-18-16-27-17-19-28)21-14-15-25(29-22-10-5-3-6-11-22)26(20-21)30-23-12-7-4-8-13-23;;/h3-8,10-15,20,24,27H,2,9,16-19H2,1H3;2*1H/t24-;;/m1../s1. The van der Waals surface area contributed by atoms with Gasteiger partial charge in [0.2, 0.25) is 0 Å². The van der Waals surface area contributed by atoms with E-state index in [0.29, 0.717) is 6.04 Å². The van der Waals surface area contributed by atoms with Crippen LogP contribution in [0.1, 0.15) is 31.4 Å². The average molecular weight is 475 g/mol. The van der Waals surface area contributed by atoms with Crippen LogP contribution in [-0.2, 0) is 0 Å². The summed E-state index contributed by atoms with van der Waals surface area (Å²) >= 11 is 0. The number of ether oxygens (including phenoxy) is 2. The minimum Gasteiger partial charge on any atom is -0.453 e. The highest BCUT2D eigenvalue weighted by Crippen LogP contribution is 2.38. The number of piperazine rings is 1. The van der Waals surface area contributed by atoms with E-state index in [1.54, 1.807) is 0 Å². The highest BCUT2D eigenvalue weighted by Gasteiger charge is 2.23. The van der Waals surface area contributed by atoms with Crippen LogP contribution in [0.2, 0.25) is 0 Å². The molecule has 0 bridgehead atoms. The second-order valence-electron chi connectivity index (χ2n) is 7.63. The molecule has 6 heteroatoms. The van der Waals surface area contributed by atoms with Crippen LogP contribution in [0, 0.1) is 0 Å². The monoisotopic (exact) mass is 474 g/mol. The predicted octanol–water partition coefficient (Wildman–Crippen LogP) is 6.86. The number of hydrogen-bond donors (Lipinski definition) is 1. The van der Waals surface area contributed by atoms with E-state index < -0.39 is 0 Å². The van der Waals surface area contributed by atoms with Crippen molar-refractivity contribution in [3.8, 4) is 23.0 Å². The third-order valence-electron chi connectivity index (χ3n) is 5.45. The van der Waals surface area contributed by atoms with Gasteiger partial charge in [-0.15, -0.1) is 24.8 Å². The molecule has 1 fully saturated rings. The Bertz CT molecular complexity index is 920. The van der Waals surface area contributed by atoms with Crippen molar-refractivity contribution in [2.75, 3.05) is 26.2 Å². The molecule has 3 aromatic rings. The van der Waals surface area contributed by atoms with E-state index in [1.807, 2.05) is 66.7 Å². The van der Waals surface area contributed by atoms with E-state index in [1.165, 1.54) is 5.56 Å². The zero-order chi connectivity index (χ0) is 20.6. The molecule has 4 nitrogen and oxygen atoms in total. The molecule has 0 aliphatic carbocycles. The van der Waals surface area contributed by atoms with Crippen molar-refractivity contribution in [2.24, 2.45) is 0 Å². The fourth-order valence-corrected chi connectivity index (χ4v) is 3.95. The third kappa shape index (κ3) is 6.88. The molecule has 1 atom stereocenters. The van der Waals surface area contributed by atoms with Crippen molar-refractivity contribution in [1.29, 1.82) is 0 Å². The lowest BCUT2D eigenvalue weighted by atomic mass is 9.99. The molecule has 172 valence electrons. The SMILES string of the molecule is CCC[C@H](c1ccc(Oc2ccccc2)c(Oc2ccccc2)c1)N1CCNCC1.Cl.Cl. The molecule has 1 saturated heterocycles. The Hall–Kier alpha value is -2.24. The summed E-state index contributed by atoms with van der Waals surface area (Å²) < 4.78 is 12.5. The van der Waals surface area contributed by atoms with Gasteiger partial charge >= 0.3 is 0 Å². The van der Waals surface area contributed by atoms with Gasteiger partial charge in [-0.3, -0.25) is 4.90 Å². The Morgan fingerprint density at radius 2 is 1.34 bits per heavy atom. The Kier molecular flexibility index (Phi) is 10.8. The lowest BCUT2D eigenvalue weighted by molar-refractivity contribution is 0.164. The molecule has 1 N–H and O–H groups in total. The maximum atomic E-state index is 6.28. The minimum absolute atomic E-state index is 0. The number of halogens is 2. The molecule has 0 saturated carbocycles. The van der Waals surface area contributed by atoms with Crippen molar-refractivity contribution in [3.63, 3.8) is 0 Å². The Morgan fingerprint density at radius 3 is 1.91 bits per heavy atom. The summed E-state index contributed by atoms with van der Waals surface area (Å²) in [7, 11) is 0. The van der Waals surface area contributed by atoms with Crippen LogP contribution >= 0.6 is 24.8 Å². The molecule has 1 heterocycles. The molecule has 32 heavy (non-hydrogen) atoms. The number of hydrogen-bond acceptors (Lipinski definition) is 4. The van der Waals surface area contributed by atoms with Crippen molar-refractivity contribution in [1.82, 2.24) is 10.2 Å². The van der Waals surface area contributed by atoms with Gasteiger partial charge in [-0.1, -0.05) is 55.8 Å². The van der Waals surface area contributed by atoms with E-state index in [-0.39, 0.29) is 24.8 Å². The molecule has 3 aromatic carbocycles. The first-order valence-corrected chi connectivity index (χ1v) is 10.9. The summed E-state index contributed by atoms with van der Waals surface area (Å²) in [5, 5.41) is 3.46. The van der Waals surface area contributed by atoms with Crippen molar-refractivity contribution >= 4 is 24.8 Å². The van der Waals surface area contributed by atoms with Gasteiger partial charge in [0, 0.05) is 32.2 Å². The summed E-state index contributed by atoms with van der Waals surface area (Å²) in [5.74, 6) is 3.08. The van der Waals surface area contributed by atoms with Crippen LogP contribution in [0.15, 0.2) is 78.9 Å². The van der Waals surface area contributed by atoms with Gasteiger partial charge in [-0.2, -0.15) is 0 Å². The summed E-state index contributed by atoms with van der Waals surface area (Å²) in [6.07, 6.45) is 2.27. The summed E-state index contributed by atoms with van der Waals surface area (Å²) in [6, 6.07) is 26.5. The molecule has 4 rings (SSSR count). The molecule has 1 aliphatic rings. The quantitative estimate of drug-likeness (QED) is 0.386. The van der Waals surface area contributed by atoms with Gasteiger partial charge in [0.1, 0.15) is 11.5 Å². The highest BCUT2D eigenvalue weighted by molar-refractivity contribution is 5.85. The molecular weight excluding hydrogens is 443 g/mol. The van der Waals surface area contributed by atoms with E-state index >= 15 is 0 Å². The molecule has 1 aliphatic heterocycles. The fraction of sp³-hybridized carbons (Fsp3) is 0.308.